The number of aliphatic hydroxyl groups is 1. The summed E-state index contributed by atoms with van der Waals surface area (Å²) >= 11 is 9.58. The summed E-state index contributed by atoms with van der Waals surface area (Å²) in [7, 11) is 0. The summed E-state index contributed by atoms with van der Waals surface area (Å²) in [6.07, 6.45) is 1.00. The van der Waals surface area contributed by atoms with E-state index < -0.39 is 6.10 Å². The number of hydrogen-bond acceptors (Lipinski definition) is 3. The predicted octanol–water partition coefficient (Wildman–Crippen LogP) is 3.12. The molecule has 2 unspecified atom stereocenters. The number of benzene rings is 1. The van der Waals surface area contributed by atoms with Crippen LogP contribution in [0.25, 0.3) is 0 Å². The van der Waals surface area contributed by atoms with Gasteiger partial charge in [-0.15, -0.1) is 0 Å². The second kappa shape index (κ2) is 7.76. The van der Waals surface area contributed by atoms with Gasteiger partial charge in [-0.25, -0.2) is 0 Å². The maximum absolute atomic E-state index is 10.4. The summed E-state index contributed by atoms with van der Waals surface area (Å²) in [5.74, 6) is 0. The molecule has 1 aliphatic rings. The highest BCUT2D eigenvalue weighted by Crippen LogP contribution is 2.24. The zero-order chi connectivity index (χ0) is 14.5. The molecule has 0 spiro atoms. The van der Waals surface area contributed by atoms with Crippen molar-refractivity contribution >= 4 is 27.5 Å². The first-order valence-electron chi connectivity index (χ1n) is 7.06. The van der Waals surface area contributed by atoms with E-state index in [2.05, 4.69) is 27.8 Å². The van der Waals surface area contributed by atoms with E-state index in [-0.39, 0.29) is 6.10 Å². The van der Waals surface area contributed by atoms with Crippen molar-refractivity contribution in [3.8, 4) is 0 Å². The first-order chi connectivity index (χ1) is 9.60. The molecule has 1 aliphatic heterocycles. The molecule has 1 aromatic rings. The Kier molecular flexibility index (Phi) is 6.30. The van der Waals surface area contributed by atoms with Crippen molar-refractivity contribution in [3.63, 3.8) is 0 Å². The first kappa shape index (κ1) is 16.2. The fourth-order valence-corrected chi connectivity index (χ4v) is 3.28. The van der Waals surface area contributed by atoms with Crippen LogP contribution in [0.2, 0.25) is 5.02 Å². The maximum atomic E-state index is 10.4. The molecule has 20 heavy (non-hydrogen) atoms. The molecule has 112 valence electrons. The van der Waals surface area contributed by atoms with Crippen molar-refractivity contribution in [3.05, 3.63) is 33.3 Å². The molecule has 3 nitrogen and oxygen atoms in total. The zero-order valence-corrected chi connectivity index (χ0v) is 14.0. The Bertz CT molecular complexity index is 442. The fraction of sp³-hybridized carbons (Fsp3) is 0.600. The van der Waals surface area contributed by atoms with Crippen molar-refractivity contribution in [2.45, 2.75) is 32.0 Å². The summed E-state index contributed by atoms with van der Waals surface area (Å²) in [6, 6.07) is 5.75. The summed E-state index contributed by atoms with van der Waals surface area (Å²) in [5, 5.41) is 11.1. The van der Waals surface area contributed by atoms with Crippen molar-refractivity contribution < 1.29 is 9.84 Å². The van der Waals surface area contributed by atoms with E-state index in [0.29, 0.717) is 18.1 Å². The molecular formula is C15H21BrClNO2. The van der Waals surface area contributed by atoms with E-state index in [9.17, 15) is 5.11 Å². The van der Waals surface area contributed by atoms with Crippen molar-refractivity contribution in [1.29, 1.82) is 0 Å². The molecule has 2 rings (SSSR count). The Balaban J connectivity index is 1.95. The third kappa shape index (κ3) is 4.43. The maximum Gasteiger partial charge on any atom is 0.0964 e. The minimum atomic E-state index is -0.520. The molecule has 1 N–H and O–H groups in total. The smallest absolute Gasteiger partial charge is 0.0964 e. The van der Waals surface area contributed by atoms with Gasteiger partial charge in [0.15, 0.2) is 0 Å². The van der Waals surface area contributed by atoms with E-state index in [0.717, 1.165) is 36.1 Å². The number of rotatable bonds is 5. The average Bonchev–Trinajstić information content (AvgIpc) is 2.42. The van der Waals surface area contributed by atoms with Gasteiger partial charge in [0.2, 0.25) is 0 Å². The number of hydrogen-bond donors (Lipinski definition) is 1. The van der Waals surface area contributed by atoms with Crippen molar-refractivity contribution in [1.82, 2.24) is 4.90 Å². The molecule has 5 heteroatoms. The summed E-state index contributed by atoms with van der Waals surface area (Å²) < 4.78 is 6.66. The zero-order valence-electron chi connectivity index (χ0n) is 11.7. The largest absolute Gasteiger partial charge is 0.390 e. The van der Waals surface area contributed by atoms with Crippen molar-refractivity contribution in [2.24, 2.45) is 0 Å². The van der Waals surface area contributed by atoms with Crippen LogP contribution < -0.4 is 0 Å². The lowest BCUT2D eigenvalue weighted by atomic mass is 10.0. The van der Waals surface area contributed by atoms with Gasteiger partial charge in [0, 0.05) is 29.0 Å². The minimum Gasteiger partial charge on any atom is -0.390 e. The monoisotopic (exact) mass is 361 g/mol. The molecule has 0 saturated carbocycles. The van der Waals surface area contributed by atoms with Crippen LogP contribution in [0, 0.1) is 0 Å². The third-order valence-electron chi connectivity index (χ3n) is 3.59. The second-order valence-electron chi connectivity index (χ2n) is 5.22. The van der Waals surface area contributed by atoms with Crippen LogP contribution in [0.4, 0.5) is 0 Å². The number of ether oxygens (including phenoxy) is 1. The number of morpholine rings is 1. The number of halogens is 2. The summed E-state index contributed by atoms with van der Waals surface area (Å²) in [6.45, 7) is 5.67. The van der Waals surface area contributed by atoms with Crippen molar-refractivity contribution in [2.75, 3.05) is 26.2 Å². The van der Waals surface area contributed by atoms with Gasteiger partial charge in [-0.2, -0.15) is 0 Å². The normalized spacial score (nSPS) is 21.9. The summed E-state index contributed by atoms with van der Waals surface area (Å²) in [4.78, 5) is 2.35. The van der Waals surface area contributed by atoms with Gasteiger partial charge < -0.3 is 9.84 Å². The molecule has 0 aromatic heterocycles. The van der Waals surface area contributed by atoms with Gasteiger partial charge in [0.1, 0.15) is 0 Å². The van der Waals surface area contributed by atoms with Crippen LogP contribution in [0.15, 0.2) is 22.7 Å². The van der Waals surface area contributed by atoms with Gasteiger partial charge in [-0.3, -0.25) is 4.90 Å². The fourth-order valence-electron chi connectivity index (χ4n) is 2.53. The van der Waals surface area contributed by atoms with Gasteiger partial charge in [-0.1, -0.05) is 40.5 Å². The minimum absolute atomic E-state index is 0.130. The lowest BCUT2D eigenvalue weighted by Crippen LogP contribution is -2.48. The SMILES string of the molecule is CCCN1CCOC(C(O)Cc2ccc(Br)cc2Cl)C1. The predicted molar refractivity (Wildman–Crippen MR) is 85.3 cm³/mol. The molecule has 1 saturated heterocycles. The standard InChI is InChI=1S/C15H21BrClNO2/c1-2-5-18-6-7-20-15(10-18)14(19)8-11-3-4-12(16)9-13(11)17/h3-4,9,14-15,19H,2,5-8,10H2,1H3. The molecule has 1 heterocycles. The van der Waals surface area contributed by atoms with Crippen LogP contribution >= 0.6 is 27.5 Å². The van der Waals surface area contributed by atoms with Crippen LogP contribution in [-0.4, -0.2) is 48.5 Å². The Labute approximate surface area is 134 Å². The van der Waals surface area contributed by atoms with E-state index in [1.54, 1.807) is 0 Å². The second-order valence-corrected chi connectivity index (χ2v) is 6.54. The number of nitrogens with zero attached hydrogens (tertiary/aromatic N) is 1. The molecule has 0 aliphatic carbocycles. The van der Waals surface area contributed by atoms with Gasteiger partial charge in [0.05, 0.1) is 18.8 Å². The van der Waals surface area contributed by atoms with Crippen LogP contribution in [0.1, 0.15) is 18.9 Å². The highest BCUT2D eigenvalue weighted by molar-refractivity contribution is 9.10. The molecular weight excluding hydrogens is 342 g/mol. The molecule has 1 fully saturated rings. The number of aliphatic hydroxyl groups excluding tert-OH is 1. The van der Waals surface area contributed by atoms with E-state index in [1.807, 2.05) is 18.2 Å². The van der Waals surface area contributed by atoms with E-state index in [1.165, 1.54) is 0 Å². The Morgan fingerprint density at radius 2 is 2.35 bits per heavy atom. The average molecular weight is 363 g/mol. The Morgan fingerprint density at radius 3 is 3.05 bits per heavy atom. The Morgan fingerprint density at radius 1 is 1.55 bits per heavy atom. The summed E-state index contributed by atoms with van der Waals surface area (Å²) in [5.41, 5.74) is 0.957. The van der Waals surface area contributed by atoms with Gasteiger partial charge >= 0.3 is 0 Å². The topological polar surface area (TPSA) is 32.7 Å². The molecule has 1 aromatic carbocycles. The van der Waals surface area contributed by atoms with E-state index >= 15 is 0 Å². The van der Waals surface area contributed by atoms with Gasteiger partial charge in [-0.05, 0) is 30.7 Å². The first-order valence-corrected chi connectivity index (χ1v) is 8.23. The van der Waals surface area contributed by atoms with Crippen LogP contribution in [0.3, 0.4) is 0 Å². The molecule has 0 bridgehead atoms. The molecule has 0 radical (unpaired) electrons. The Hall–Kier alpha value is -0.130. The molecule has 2 atom stereocenters. The molecule has 0 amide bonds. The lowest BCUT2D eigenvalue weighted by Gasteiger charge is -2.35. The van der Waals surface area contributed by atoms with E-state index in [4.69, 9.17) is 16.3 Å². The van der Waals surface area contributed by atoms with Crippen LogP contribution in [0.5, 0.6) is 0 Å². The van der Waals surface area contributed by atoms with Crippen LogP contribution in [-0.2, 0) is 11.2 Å². The van der Waals surface area contributed by atoms with Gasteiger partial charge in [0.25, 0.3) is 0 Å². The highest BCUT2D eigenvalue weighted by atomic mass is 79.9. The third-order valence-corrected chi connectivity index (χ3v) is 4.44. The lowest BCUT2D eigenvalue weighted by molar-refractivity contribution is -0.0877. The quantitative estimate of drug-likeness (QED) is 0.873. The highest BCUT2D eigenvalue weighted by Gasteiger charge is 2.27.